The summed E-state index contributed by atoms with van der Waals surface area (Å²) in [6.45, 7) is 0.189. The van der Waals surface area contributed by atoms with E-state index in [9.17, 15) is 9.59 Å². The molecule has 1 aromatic rings. The van der Waals surface area contributed by atoms with Gasteiger partial charge in [0.05, 0.1) is 17.9 Å². The van der Waals surface area contributed by atoms with Gasteiger partial charge in [0.2, 0.25) is 5.91 Å². The van der Waals surface area contributed by atoms with Crippen molar-refractivity contribution in [1.29, 1.82) is 0 Å². The number of hydrogen-bond donors (Lipinski definition) is 1. The summed E-state index contributed by atoms with van der Waals surface area (Å²) in [6.07, 6.45) is 1.87. The minimum atomic E-state index is -0.190. The number of carbonyl (C=O) groups is 2. The summed E-state index contributed by atoms with van der Waals surface area (Å²) in [5, 5.41) is 8.92. The van der Waals surface area contributed by atoms with Gasteiger partial charge in [0.1, 0.15) is 0 Å². The fraction of sp³-hybridized carbons (Fsp3) is 0.467. The van der Waals surface area contributed by atoms with Crippen molar-refractivity contribution in [3.8, 4) is 0 Å². The topological polar surface area (TPSA) is 60.9 Å². The van der Waals surface area contributed by atoms with E-state index in [2.05, 4.69) is 0 Å². The molecule has 108 valence electrons. The van der Waals surface area contributed by atoms with Gasteiger partial charge >= 0.3 is 0 Å². The van der Waals surface area contributed by atoms with Crippen LogP contribution in [0.2, 0.25) is 0 Å². The number of likely N-dealkylation sites (N-methyl/N-ethyl adjacent to an activating group) is 1. The molecule has 0 atom stereocenters. The molecule has 2 amide bonds. The lowest BCUT2D eigenvalue weighted by molar-refractivity contribution is -0.119. The van der Waals surface area contributed by atoms with Crippen LogP contribution in [-0.4, -0.2) is 49.1 Å². The van der Waals surface area contributed by atoms with Crippen LogP contribution >= 0.6 is 0 Å². The van der Waals surface area contributed by atoms with Gasteiger partial charge in [-0.05, 0) is 25.0 Å². The van der Waals surface area contributed by atoms with Gasteiger partial charge in [-0.3, -0.25) is 9.59 Å². The molecule has 0 aliphatic heterocycles. The molecular weight excluding hydrogens is 256 g/mol. The van der Waals surface area contributed by atoms with Crippen molar-refractivity contribution in [2.24, 2.45) is 5.92 Å². The predicted octanol–water partition coefficient (Wildman–Crippen LogP) is 1.12. The number of aliphatic hydroxyl groups is 1. The van der Waals surface area contributed by atoms with E-state index in [0.29, 0.717) is 11.3 Å². The zero-order chi connectivity index (χ0) is 14.7. The number of anilines is 1. The highest BCUT2D eigenvalue weighted by Gasteiger charge is 2.33. The second kappa shape index (κ2) is 6.05. The number of nitrogens with zero attached hydrogens (tertiary/aromatic N) is 2. The predicted molar refractivity (Wildman–Crippen MR) is 76.6 cm³/mol. The smallest absolute Gasteiger partial charge is 0.255 e. The first kappa shape index (κ1) is 14.5. The molecule has 1 aliphatic rings. The van der Waals surface area contributed by atoms with Crippen LogP contribution in [0, 0.1) is 5.92 Å². The third-order valence-corrected chi connectivity index (χ3v) is 3.54. The standard InChI is InChI=1S/C15H20N2O3/c1-16(9-10-18)15(20)12-5-3-4-6-13(12)17(2)14(19)11-7-8-11/h3-6,11,18H,7-10H2,1-2H3. The monoisotopic (exact) mass is 276 g/mol. The molecule has 0 spiro atoms. The van der Waals surface area contributed by atoms with Gasteiger partial charge in [0.15, 0.2) is 0 Å². The second-order valence-electron chi connectivity index (χ2n) is 5.14. The van der Waals surface area contributed by atoms with Crippen LogP contribution in [0.3, 0.4) is 0 Å². The van der Waals surface area contributed by atoms with Gasteiger partial charge in [-0.2, -0.15) is 0 Å². The van der Waals surface area contributed by atoms with E-state index < -0.39 is 0 Å². The van der Waals surface area contributed by atoms with Gasteiger partial charge < -0.3 is 14.9 Å². The quantitative estimate of drug-likeness (QED) is 0.877. The van der Waals surface area contributed by atoms with Crippen LogP contribution in [0.5, 0.6) is 0 Å². The Labute approximate surface area is 118 Å². The van der Waals surface area contributed by atoms with Crippen LogP contribution in [0.1, 0.15) is 23.2 Å². The van der Waals surface area contributed by atoms with E-state index >= 15 is 0 Å². The molecule has 0 aromatic heterocycles. The van der Waals surface area contributed by atoms with Gasteiger partial charge in [0.25, 0.3) is 5.91 Å². The number of amides is 2. The molecule has 5 nitrogen and oxygen atoms in total. The molecule has 0 bridgehead atoms. The summed E-state index contributed by atoms with van der Waals surface area (Å²) in [5.74, 6) is -0.0153. The van der Waals surface area contributed by atoms with Crippen LogP contribution in [0.15, 0.2) is 24.3 Å². The highest BCUT2D eigenvalue weighted by atomic mass is 16.3. The summed E-state index contributed by atoms with van der Waals surface area (Å²) >= 11 is 0. The number of para-hydroxylation sites is 1. The van der Waals surface area contributed by atoms with E-state index in [4.69, 9.17) is 5.11 Å². The highest BCUT2D eigenvalue weighted by molar-refractivity contribution is 6.05. The molecular formula is C15H20N2O3. The van der Waals surface area contributed by atoms with Crippen molar-refractivity contribution < 1.29 is 14.7 Å². The van der Waals surface area contributed by atoms with Crippen LogP contribution in [-0.2, 0) is 4.79 Å². The molecule has 0 heterocycles. The Balaban J connectivity index is 2.25. The maximum atomic E-state index is 12.3. The Kier molecular flexibility index (Phi) is 4.39. The summed E-state index contributed by atoms with van der Waals surface area (Å²) in [4.78, 5) is 27.5. The van der Waals surface area contributed by atoms with Crippen molar-refractivity contribution in [1.82, 2.24) is 4.90 Å². The van der Waals surface area contributed by atoms with Gasteiger partial charge in [-0.1, -0.05) is 12.1 Å². The first-order chi connectivity index (χ1) is 9.56. The minimum absolute atomic E-state index is 0.0649. The third kappa shape index (κ3) is 2.99. The lowest BCUT2D eigenvalue weighted by Crippen LogP contribution is -2.33. The molecule has 1 aromatic carbocycles. The normalized spacial score (nSPS) is 13.9. The number of rotatable bonds is 5. The van der Waals surface area contributed by atoms with E-state index in [1.807, 2.05) is 6.07 Å². The van der Waals surface area contributed by atoms with Crippen LogP contribution in [0.25, 0.3) is 0 Å². The Morgan fingerprint density at radius 3 is 2.50 bits per heavy atom. The molecule has 20 heavy (non-hydrogen) atoms. The largest absolute Gasteiger partial charge is 0.395 e. The Bertz CT molecular complexity index is 512. The van der Waals surface area contributed by atoms with E-state index in [1.54, 1.807) is 37.2 Å². The first-order valence-corrected chi connectivity index (χ1v) is 6.79. The van der Waals surface area contributed by atoms with Crippen LogP contribution in [0.4, 0.5) is 5.69 Å². The molecule has 1 aliphatic carbocycles. The molecule has 0 radical (unpaired) electrons. The third-order valence-electron chi connectivity index (χ3n) is 3.54. The maximum absolute atomic E-state index is 12.3. The number of aliphatic hydroxyl groups excluding tert-OH is 1. The summed E-state index contributed by atoms with van der Waals surface area (Å²) in [5.41, 5.74) is 1.11. The van der Waals surface area contributed by atoms with Crippen molar-refractivity contribution in [3.63, 3.8) is 0 Å². The fourth-order valence-corrected chi connectivity index (χ4v) is 2.13. The number of carbonyl (C=O) groups excluding carboxylic acids is 2. The first-order valence-electron chi connectivity index (χ1n) is 6.79. The highest BCUT2D eigenvalue weighted by Crippen LogP contribution is 2.33. The average molecular weight is 276 g/mol. The molecule has 1 fully saturated rings. The van der Waals surface area contributed by atoms with E-state index in [1.165, 1.54) is 4.90 Å². The van der Waals surface area contributed by atoms with Gasteiger partial charge in [-0.25, -0.2) is 0 Å². The lowest BCUT2D eigenvalue weighted by atomic mass is 10.1. The Morgan fingerprint density at radius 2 is 1.90 bits per heavy atom. The average Bonchev–Trinajstić information content (AvgIpc) is 3.30. The fourth-order valence-electron chi connectivity index (χ4n) is 2.13. The molecule has 0 saturated heterocycles. The SMILES string of the molecule is CN(CCO)C(=O)c1ccccc1N(C)C(=O)C1CC1. The van der Waals surface area contributed by atoms with E-state index in [-0.39, 0.29) is 30.9 Å². The zero-order valence-corrected chi connectivity index (χ0v) is 11.9. The molecule has 5 heteroatoms. The summed E-state index contributed by atoms with van der Waals surface area (Å²) in [6, 6.07) is 7.08. The maximum Gasteiger partial charge on any atom is 0.255 e. The van der Waals surface area contributed by atoms with Gasteiger partial charge in [-0.15, -0.1) is 0 Å². The summed E-state index contributed by atoms with van der Waals surface area (Å²) < 4.78 is 0. The molecule has 1 N–H and O–H groups in total. The Hall–Kier alpha value is -1.88. The van der Waals surface area contributed by atoms with Crippen molar-refractivity contribution in [3.05, 3.63) is 29.8 Å². The van der Waals surface area contributed by atoms with Crippen molar-refractivity contribution in [2.45, 2.75) is 12.8 Å². The van der Waals surface area contributed by atoms with Crippen molar-refractivity contribution >= 4 is 17.5 Å². The minimum Gasteiger partial charge on any atom is -0.395 e. The number of benzene rings is 1. The molecule has 0 unspecified atom stereocenters. The Morgan fingerprint density at radius 1 is 1.25 bits per heavy atom. The second-order valence-corrected chi connectivity index (χ2v) is 5.14. The van der Waals surface area contributed by atoms with Gasteiger partial charge in [0, 0.05) is 26.6 Å². The lowest BCUT2D eigenvalue weighted by Gasteiger charge is -2.23. The molecule has 1 saturated carbocycles. The molecule has 2 rings (SSSR count). The zero-order valence-electron chi connectivity index (χ0n) is 11.9. The van der Waals surface area contributed by atoms with Crippen LogP contribution < -0.4 is 4.90 Å². The number of hydrogen-bond acceptors (Lipinski definition) is 3. The van der Waals surface area contributed by atoms with Crippen molar-refractivity contribution in [2.75, 3.05) is 32.1 Å². The summed E-state index contributed by atoms with van der Waals surface area (Å²) in [7, 11) is 3.34. The van der Waals surface area contributed by atoms with E-state index in [0.717, 1.165) is 12.8 Å².